The van der Waals surface area contributed by atoms with E-state index in [9.17, 15) is 18.0 Å². The zero-order valence-corrected chi connectivity index (χ0v) is 15.2. The van der Waals surface area contributed by atoms with E-state index in [0.717, 1.165) is 31.7 Å². The van der Waals surface area contributed by atoms with Crippen LogP contribution in [0.3, 0.4) is 0 Å². The summed E-state index contributed by atoms with van der Waals surface area (Å²) in [5.41, 5.74) is -0.0383. The molecule has 9 heteroatoms. The van der Waals surface area contributed by atoms with Gasteiger partial charge in [0.25, 0.3) is 5.91 Å². The summed E-state index contributed by atoms with van der Waals surface area (Å²) in [5, 5.41) is 2.78. The molecule has 1 atom stereocenters. The van der Waals surface area contributed by atoms with Crippen molar-refractivity contribution in [1.29, 1.82) is 0 Å². The van der Waals surface area contributed by atoms with Crippen molar-refractivity contribution in [2.45, 2.75) is 31.5 Å². The molecule has 2 aromatic heterocycles. The Labute approximate surface area is 160 Å². The first-order chi connectivity index (χ1) is 13.4. The van der Waals surface area contributed by atoms with Crippen molar-refractivity contribution < 1.29 is 27.1 Å². The van der Waals surface area contributed by atoms with Gasteiger partial charge in [0.2, 0.25) is 5.88 Å². The number of furan rings is 1. The zero-order valence-electron chi connectivity index (χ0n) is 15.2. The van der Waals surface area contributed by atoms with Crippen LogP contribution in [0, 0.1) is 0 Å². The van der Waals surface area contributed by atoms with E-state index in [4.69, 9.17) is 9.15 Å². The van der Waals surface area contributed by atoms with E-state index in [1.54, 1.807) is 12.3 Å². The third-order valence-electron chi connectivity index (χ3n) is 4.55. The fraction of sp³-hybridized carbons (Fsp3) is 0.474. The van der Waals surface area contributed by atoms with Gasteiger partial charge >= 0.3 is 6.18 Å². The number of likely N-dealkylation sites (tertiary alicyclic amines) is 1. The van der Waals surface area contributed by atoms with Gasteiger partial charge in [-0.3, -0.25) is 9.69 Å². The average Bonchev–Trinajstić information content (AvgIpc) is 3.21. The van der Waals surface area contributed by atoms with Crippen molar-refractivity contribution in [3.05, 3.63) is 48.0 Å². The number of carbonyl (C=O) groups excluding carboxylic acids is 1. The Kier molecular flexibility index (Phi) is 6.56. The lowest BCUT2D eigenvalue weighted by atomic mass is 10.1. The minimum atomic E-state index is -4.51. The van der Waals surface area contributed by atoms with Crippen molar-refractivity contribution in [2.75, 3.05) is 26.2 Å². The number of halogens is 3. The Morgan fingerprint density at radius 1 is 1.25 bits per heavy atom. The SMILES string of the molecule is O=C(NCC(c1ccco1)N1CCCCC1)c1cccnc1OCC(F)(F)F. The van der Waals surface area contributed by atoms with E-state index in [2.05, 4.69) is 15.2 Å². The summed E-state index contributed by atoms with van der Waals surface area (Å²) in [6, 6.07) is 6.36. The molecule has 1 unspecified atom stereocenters. The minimum Gasteiger partial charge on any atom is -0.468 e. The van der Waals surface area contributed by atoms with Crippen LogP contribution >= 0.6 is 0 Å². The van der Waals surface area contributed by atoms with Gasteiger partial charge in [-0.1, -0.05) is 6.42 Å². The van der Waals surface area contributed by atoms with Crippen LogP contribution in [0.2, 0.25) is 0 Å². The fourth-order valence-electron chi connectivity index (χ4n) is 3.23. The third kappa shape index (κ3) is 5.48. The molecule has 28 heavy (non-hydrogen) atoms. The summed E-state index contributed by atoms with van der Waals surface area (Å²) in [7, 11) is 0. The summed E-state index contributed by atoms with van der Waals surface area (Å²) >= 11 is 0. The molecule has 1 aliphatic rings. The van der Waals surface area contributed by atoms with Gasteiger partial charge in [-0.05, 0) is 50.2 Å². The van der Waals surface area contributed by atoms with E-state index in [1.807, 2.05) is 6.07 Å². The van der Waals surface area contributed by atoms with Crippen LogP contribution in [0.25, 0.3) is 0 Å². The van der Waals surface area contributed by atoms with Crippen molar-refractivity contribution in [3.63, 3.8) is 0 Å². The minimum absolute atomic E-state index is 0.0383. The molecule has 0 radical (unpaired) electrons. The summed E-state index contributed by atoms with van der Waals surface area (Å²) in [6.07, 6.45) is 1.67. The average molecular weight is 397 g/mol. The van der Waals surface area contributed by atoms with Crippen LogP contribution < -0.4 is 10.1 Å². The number of hydrogen-bond donors (Lipinski definition) is 1. The lowest BCUT2D eigenvalue weighted by Crippen LogP contribution is -2.40. The Morgan fingerprint density at radius 2 is 2.04 bits per heavy atom. The van der Waals surface area contributed by atoms with E-state index in [0.29, 0.717) is 0 Å². The van der Waals surface area contributed by atoms with Gasteiger partial charge in [-0.15, -0.1) is 0 Å². The molecule has 0 spiro atoms. The van der Waals surface area contributed by atoms with Crippen LogP contribution in [-0.2, 0) is 0 Å². The quantitative estimate of drug-likeness (QED) is 0.774. The second-order valence-corrected chi connectivity index (χ2v) is 6.60. The number of carbonyl (C=O) groups is 1. The van der Waals surface area contributed by atoms with Crippen LogP contribution in [0.15, 0.2) is 41.1 Å². The van der Waals surface area contributed by atoms with Gasteiger partial charge in [0, 0.05) is 12.7 Å². The summed E-state index contributed by atoms with van der Waals surface area (Å²) in [4.78, 5) is 18.6. The van der Waals surface area contributed by atoms with Crippen molar-refractivity contribution in [1.82, 2.24) is 15.2 Å². The Bertz CT molecular complexity index is 759. The maximum absolute atomic E-state index is 12.6. The van der Waals surface area contributed by atoms with Gasteiger partial charge < -0.3 is 14.5 Å². The highest BCUT2D eigenvalue weighted by molar-refractivity contribution is 5.96. The molecule has 3 rings (SSSR count). The number of ether oxygens (including phenoxy) is 1. The van der Waals surface area contributed by atoms with Crippen LogP contribution in [-0.4, -0.2) is 48.2 Å². The van der Waals surface area contributed by atoms with Crippen LogP contribution in [0.4, 0.5) is 13.2 Å². The molecule has 0 saturated carbocycles. The standard InChI is InChI=1S/C19H22F3N3O3/c20-19(21,22)13-28-18-14(6-4-8-23-18)17(26)24-12-15(16-7-5-11-27-16)25-9-2-1-3-10-25/h4-8,11,15H,1-3,9-10,12-13H2,(H,24,26). The largest absolute Gasteiger partial charge is 0.468 e. The van der Waals surface area contributed by atoms with Crippen molar-refractivity contribution in [2.24, 2.45) is 0 Å². The maximum Gasteiger partial charge on any atom is 0.422 e. The number of aromatic nitrogens is 1. The molecule has 0 aromatic carbocycles. The number of alkyl halides is 3. The number of amides is 1. The molecule has 1 N–H and O–H groups in total. The van der Waals surface area contributed by atoms with Gasteiger partial charge in [0.1, 0.15) is 11.3 Å². The van der Waals surface area contributed by atoms with Crippen molar-refractivity contribution >= 4 is 5.91 Å². The Balaban J connectivity index is 1.68. The molecule has 0 bridgehead atoms. The second kappa shape index (κ2) is 9.09. The molecule has 2 aromatic rings. The zero-order chi connectivity index (χ0) is 20.0. The molecule has 152 valence electrons. The molecule has 0 aliphatic carbocycles. The highest BCUT2D eigenvalue weighted by atomic mass is 19.4. The second-order valence-electron chi connectivity index (χ2n) is 6.60. The molecule has 3 heterocycles. The predicted molar refractivity (Wildman–Crippen MR) is 95.0 cm³/mol. The van der Waals surface area contributed by atoms with Gasteiger partial charge in [-0.25, -0.2) is 4.98 Å². The van der Waals surface area contributed by atoms with E-state index < -0.39 is 18.7 Å². The van der Waals surface area contributed by atoms with Gasteiger partial charge in [-0.2, -0.15) is 13.2 Å². The smallest absolute Gasteiger partial charge is 0.422 e. The number of piperidine rings is 1. The number of rotatable bonds is 7. The predicted octanol–water partition coefficient (Wildman–Crippen LogP) is 3.57. The molecule has 1 aliphatic heterocycles. The number of nitrogens with zero attached hydrogens (tertiary/aromatic N) is 2. The molecular weight excluding hydrogens is 375 g/mol. The summed E-state index contributed by atoms with van der Waals surface area (Å²) in [5.74, 6) is -0.148. The van der Waals surface area contributed by atoms with Crippen LogP contribution in [0.1, 0.15) is 41.4 Å². The van der Waals surface area contributed by atoms with Gasteiger partial charge in [0.05, 0.1) is 12.3 Å². The Hall–Kier alpha value is -2.55. The van der Waals surface area contributed by atoms with Crippen molar-refractivity contribution in [3.8, 4) is 5.88 Å². The fourth-order valence-corrected chi connectivity index (χ4v) is 3.23. The first-order valence-electron chi connectivity index (χ1n) is 9.14. The highest BCUT2D eigenvalue weighted by Gasteiger charge is 2.30. The van der Waals surface area contributed by atoms with E-state index in [1.165, 1.54) is 24.8 Å². The molecule has 1 saturated heterocycles. The monoisotopic (exact) mass is 397 g/mol. The molecule has 6 nitrogen and oxygen atoms in total. The molecule has 1 fully saturated rings. The lowest BCUT2D eigenvalue weighted by molar-refractivity contribution is -0.154. The summed E-state index contributed by atoms with van der Waals surface area (Å²) in [6.45, 7) is 0.551. The van der Waals surface area contributed by atoms with E-state index >= 15 is 0 Å². The first kappa shape index (κ1) is 20.2. The molecule has 1 amide bonds. The third-order valence-corrected chi connectivity index (χ3v) is 4.55. The van der Waals surface area contributed by atoms with E-state index in [-0.39, 0.29) is 24.0 Å². The number of hydrogen-bond acceptors (Lipinski definition) is 5. The topological polar surface area (TPSA) is 67.6 Å². The molecular formula is C19H22F3N3O3. The lowest BCUT2D eigenvalue weighted by Gasteiger charge is -2.33. The first-order valence-corrected chi connectivity index (χ1v) is 9.14. The Morgan fingerprint density at radius 3 is 2.71 bits per heavy atom. The normalized spacial score (nSPS) is 16.5. The van der Waals surface area contributed by atoms with Crippen LogP contribution in [0.5, 0.6) is 5.88 Å². The maximum atomic E-state index is 12.6. The number of pyridine rings is 1. The van der Waals surface area contributed by atoms with Gasteiger partial charge in [0.15, 0.2) is 6.61 Å². The highest BCUT2D eigenvalue weighted by Crippen LogP contribution is 2.25. The number of nitrogens with one attached hydrogen (secondary N) is 1. The summed E-state index contributed by atoms with van der Waals surface area (Å²) < 4.78 is 47.5.